The third-order valence-electron chi connectivity index (χ3n) is 1.87. The minimum atomic E-state index is -0.506. The van der Waals surface area contributed by atoms with E-state index in [1.165, 1.54) is 6.92 Å². The van der Waals surface area contributed by atoms with Crippen molar-refractivity contribution in [2.24, 2.45) is 0 Å². The molecule has 0 radical (unpaired) electrons. The van der Waals surface area contributed by atoms with Crippen molar-refractivity contribution in [2.45, 2.75) is 6.92 Å². The molecule has 0 fully saturated rings. The predicted molar refractivity (Wildman–Crippen MR) is 68.4 cm³/mol. The molecule has 1 aromatic rings. The number of rotatable bonds is 3. The van der Waals surface area contributed by atoms with E-state index in [4.69, 9.17) is 0 Å². The van der Waals surface area contributed by atoms with Gasteiger partial charge in [-0.05, 0) is 18.2 Å². The van der Waals surface area contributed by atoms with Gasteiger partial charge in [0.2, 0.25) is 5.91 Å². The zero-order valence-corrected chi connectivity index (χ0v) is 11.2. The van der Waals surface area contributed by atoms with Gasteiger partial charge in [0.1, 0.15) is 0 Å². The highest BCUT2D eigenvalue weighted by Crippen LogP contribution is 2.11. The van der Waals surface area contributed by atoms with Gasteiger partial charge in [-0.25, -0.2) is 0 Å². The van der Waals surface area contributed by atoms with Crippen LogP contribution >= 0.6 is 15.9 Å². The molecule has 1 aromatic carbocycles. The number of carbonyl (C=O) groups excluding carboxylic acids is 3. The maximum absolute atomic E-state index is 11.6. The van der Waals surface area contributed by atoms with Gasteiger partial charge in [0.05, 0.1) is 6.54 Å². The third-order valence-corrected chi connectivity index (χ3v) is 2.37. The number of hydrogen-bond acceptors (Lipinski definition) is 3. The number of amides is 3. The standard InChI is InChI=1S/C11H12BrN3O3/c1-7(16)14-15-10(17)6-13-11(18)8-3-2-4-9(12)5-8/h2-5H,6H2,1H3,(H,13,18)(H,14,16)(H,15,17). The molecule has 0 heterocycles. The topological polar surface area (TPSA) is 87.3 Å². The molecular formula is C11H12BrN3O3. The van der Waals surface area contributed by atoms with Gasteiger partial charge in [-0.15, -0.1) is 0 Å². The number of carbonyl (C=O) groups is 3. The van der Waals surface area contributed by atoms with E-state index in [9.17, 15) is 14.4 Å². The quantitative estimate of drug-likeness (QED) is 0.704. The zero-order chi connectivity index (χ0) is 13.5. The lowest BCUT2D eigenvalue weighted by Gasteiger charge is -2.07. The largest absolute Gasteiger partial charge is 0.343 e. The Labute approximate surface area is 112 Å². The molecule has 0 aromatic heterocycles. The Balaban J connectivity index is 2.42. The van der Waals surface area contributed by atoms with Crippen LogP contribution in [0.2, 0.25) is 0 Å². The fraction of sp³-hybridized carbons (Fsp3) is 0.182. The normalized spacial score (nSPS) is 9.44. The van der Waals surface area contributed by atoms with E-state index in [1.807, 2.05) is 0 Å². The fourth-order valence-corrected chi connectivity index (χ4v) is 1.49. The summed E-state index contributed by atoms with van der Waals surface area (Å²) in [5.41, 5.74) is 4.70. The molecule has 3 amide bonds. The average molecular weight is 314 g/mol. The maximum atomic E-state index is 11.6. The summed E-state index contributed by atoms with van der Waals surface area (Å²) >= 11 is 3.24. The Bertz CT molecular complexity index is 476. The Hall–Kier alpha value is -1.89. The van der Waals surface area contributed by atoms with Crippen molar-refractivity contribution in [1.29, 1.82) is 0 Å². The number of halogens is 1. The highest BCUT2D eigenvalue weighted by atomic mass is 79.9. The second kappa shape index (κ2) is 6.75. The molecule has 6 nitrogen and oxygen atoms in total. The molecule has 0 unspecified atom stereocenters. The van der Waals surface area contributed by atoms with Gasteiger partial charge in [0.15, 0.2) is 0 Å². The highest BCUT2D eigenvalue weighted by Gasteiger charge is 2.08. The molecule has 1 rings (SSSR count). The molecule has 0 saturated carbocycles. The first-order valence-corrected chi connectivity index (χ1v) is 5.87. The molecular weight excluding hydrogens is 302 g/mol. The average Bonchev–Trinajstić information content (AvgIpc) is 2.33. The van der Waals surface area contributed by atoms with Crippen molar-refractivity contribution in [3.8, 4) is 0 Å². The molecule has 0 atom stereocenters. The lowest BCUT2D eigenvalue weighted by Crippen LogP contribution is -2.45. The van der Waals surface area contributed by atoms with Crippen molar-refractivity contribution in [2.75, 3.05) is 6.54 Å². The van der Waals surface area contributed by atoms with Crippen LogP contribution in [0.25, 0.3) is 0 Å². The van der Waals surface area contributed by atoms with Gasteiger partial charge in [-0.2, -0.15) is 0 Å². The first-order valence-electron chi connectivity index (χ1n) is 5.08. The van der Waals surface area contributed by atoms with Gasteiger partial charge in [-0.3, -0.25) is 25.2 Å². The van der Waals surface area contributed by atoms with Crippen LogP contribution in [0.15, 0.2) is 28.7 Å². The van der Waals surface area contributed by atoms with E-state index >= 15 is 0 Å². The van der Waals surface area contributed by atoms with Crippen molar-refractivity contribution in [3.05, 3.63) is 34.3 Å². The van der Waals surface area contributed by atoms with Gasteiger partial charge in [0, 0.05) is 17.0 Å². The summed E-state index contributed by atoms with van der Waals surface area (Å²) < 4.78 is 0.776. The Morgan fingerprint density at radius 1 is 1.22 bits per heavy atom. The van der Waals surface area contributed by atoms with E-state index < -0.39 is 5.91 Å². The van der Waals surface area contributed by atoms with Crippen LogP contribution in [0.4, 0.5) is 0 Å². The van der Waals surface area contributed by atoms with Crippen molar-refractivity contribution in [3.63, 3.8) is 0 Å². The summed E-state index contributed by atoms with van der Waals surface area (Å²) in [6, 6.07) is 6.78. The summed E-state index contributed by atoms with van der Waals surface area (Å²) in [6.07, 6.45) is 0. The molecule has 0 bridgehead atoms. The first-order chi connectivity index (χ1) is 8.49. The summed E-state index contributed by atoms with van der Waals surface area (Å²) in [7, 11) is 0. The van der Waals surface area contributed by atoms with Crippen molar-refractivity contribution in [1.82, 2.24) is 16.2 Å². The number of nitrogens with one attached hydrogen (secondary N) is 3. The van der Waals surface area contributed by atoms with Crippen LogP contribution in [-0.2, 0) is 9.59 Å². The van der Waals surface area contributed by atoms with Gasteiger partial charge >= 0.3 is 0 Å². The molecule has 3 N–H and O–H groups in total. The minimum Gasteiger partial charge on any atom is -0.343 e. The molecule has 96 valence electrons. The van der Waals surface area contributed by atoms with Gasteiger partial charge in [-0.1, -0.05) is 22.0 Å². The second-order valence-corrected chi connectivity index (χ2v) is 4.34. The third kappa shape index (κ3) is 4.96. The van der Waals surface area contributed by atoms with Crippen LogP contribution in [-0.4, -0.2) is 24.3 Å². The molecule has 0 aliphatic carbocycles. The van der Waals surface area contributed by atoms with Crippen LogP contribution in [0.1, 0.15) is 17.3 Å². The minimum absolute atomic E-state index is 0.217. The molecule has 0 saturated heterocycles. The smallest absolute Gasteiger partial charge is 0.257 e. The fourth-order valence-electron chi connectivity index (χ4n) is 1.09. The second-order valence-electron chi connectivity index (χ2n) is 3.42. The molecule has 0 spiro atoms. The van der Waals surface area contributed by atoms with Crippen LogP contribution in [0.5, 0.6) is 0 Å². The summed E-state index contributed by atoms with van der Waals surface area (Å²) in [4.78, 5) is 33.4. The Kier molecular flexibility index (Phi) is 5.31. The van der Waals surface area contributed by atoms with Crippen LogP contribution in [0.3, 0.4) is 0 Å². The number of benzene rings is 1. The number of hydrazine groups is 1. The van der Waals surface area contributed by atoms with Gasteiger partial charge in [0.25, 0.3) is 11.8 Å². The lowest BCUT2D eigenvalue weighted by molar-refractivity contribution is -0.127. The Morgan fingerprint density at radius 2 is 1.94 bits per heavy atom. The Morgan fingerprint density at radius 3 is 2.56 bits per heavy atom. The first kappa shape index (κ1) is 14.2. The zero-order valence-electron chi connectivity index (χ0n) is 9.62. The molecule has 7 heteroatoms. The maximum Gasteiger partial charge on any atom is 0.257 e. The molecule has 18 heavy (non-hydrogen) atoms. The number of hydrogen-bond donors (Lipinski definition) is 3. The summed E-state index contributed by atoms with van der Waals surface area (Å²) in [6.45, 7) is 1.05. The van der Waals surface area contributed by atoms with Crippen molar-refractivity contribution < 1.29 is 14.4 Å². The van der Waals surface area contributed by atoms with E-state index in [-0.39, 0.29) is 18.4 Å². The highest BCUT2D eigenvalue weighted by molar-refractivity contribution is 9.10. The van der Waals surface area contributed by atoms with Crippen molar-refractivity contribution >= 4 is 33.7 Å². The van der Waals surface area contributed by atoms with Crippen LogP contribution < -0.4 is 16.2 Å². The summed E-state index contributed by atoms with van der Waals surface area (Å²) in [5.74, 6) is -1.26. The van der Waals surface area contributed by atoms with E-state index in [0.29, 0.717) is 5.56 Å². The monoisotopic (exact) mass is 313 g/mol. The van der Waals surface area contributed by atoms with E-state index in [0.717, 1.165) is 4.47 Å². The van der Waals surface area contributed by atoms with Gasteiger partial charge < -0.3 is 5.32 Å². The van der Waals surface area contributed by atoms with Crippen LogP contribution in [0, 0.1) is 0 Å². The van der Waals surface area contributed by atoms with E-state index in [2.05, 4.69) is 32.1 Å². The summed E-state index contributed by atoms with van der Waals surface area (Å²) in [5, 5.41) is 2.43. The predicted octanol–water partition coefficient (Wildman–Crippen LogP) is 0.346. The van der Waals surface area contributed by atoms with E-state index in [1.54, 1.807) is 24.3 Å². The molecule has 0 aliphatic rings. The lowest BCUT2D eigenvalue weighted by atomic mass is 10.2. The molecule has 0 aliphatic heterocycles. The SMILES string of the molecule is CC(=O)NNC(=O)CNC(=O)c1cccc(Br)c1.